The van der Waals surface area contributed by atoms with Gasteiger partial charge >= 0.3 is 0 Å². The van der Waals surface area contributed by atoms with Crippen LogP contribution in [0.2, 0.25) is 0 Å². The van der Waals surface area contributed by atoms with Crippen molar-refractivity contribution in [2.75, 3.05) is 0 Å². The van der Waals surface area contributed by atoms with Crippen LogP contribution in [0.4, 0.5) is 0 Å². The summed E-state index contributed by atoms with van der Waals surface area (Å²) in [6.45, 7) is 2.18. The smallest absolute Gasteiger partial charge is 0.0131 e. The standard InChI is InChI=1S/C15H20/c1-11-2-6-13(7-3-11)15-10-12-4-8-14(15)9-5-12/h2-3,6-7,12,14-15H,4-5,8-10H2,1H3. The van der Waals surface area contributed by atoms with E-state index in [0.29, 0.717) is 0 Å². The van der Waals surface area contributed by atoms with E-state index in [1.807, 2.05) is 0 Å². The summed E-state index contributed by atoms with van der Waals surface area (Å²) >= 11 is 0. The molecule has 0 spiro atoms. The van der Waals surface area contributed by atoms with Gasteiger partial charge in [-0.15, -0.1) is 0 Å². The number of fused-ring (bicyclic) bond motifs is 3. The molecule has 0 aliphatic heterocycles. The Morgan fingerprint density at radius 3 is 2.13 bits per heavy atom. The third-order valence-electron chi connectivity index (χ3n) is 4.55. The summed E-state index contributed by atoms with van der Waals surface area (Å²) in [7, 11) is 0. The topological polar surface area (TPSA) is 0 Å². The van der Waals surface area contributed by atoms with Gasteiger partial charge in [0.25, 0.3) is 0 Å². The van der Waals surface area contributed by atoms with Crippen molar-refractivity contribution < 1.29 is 0 Å². The highest BCUT2D eigenvalue weighted by Crippen LogP contribution is 2.49. The highest BCUT2D eigenvalue weighted by molar-refractivity contribution is 5.26. The van der Waals surface area contributed by atoms with Gasteiger partial charge in [0.2, 0.25) is 0 Å². The number of benzene rings is 1. The van der Waals surface area contributed by atoms with E-state index in [-0.39, 0.29) is 0 Å². The molecule has 1 unspecified atom stereocenters. The van der Waals surface area contributed by atoms with E-state index in [9.17, 15) is 0 Å². The maximum Gasteiger partial charge on any atom is -0.0131 e. The van der Waals surface area contributed by atoms with E-state index in [4.69, 9.17) is 0 Å². The maximum absolute atomic E-state index is 2.36. The fourth-order valence-corrected chi connectivity index (χ4v) is 3.60. The molecule has 3 aliphatic carbocycles. The Hall–Kier alpha value is -0.780. The van der Waals surface area contributed by atoms with Crippen molar-refractivity contribution >= 4 is 0 Å². The van der Waals surface area contributed by atoms with Gasteiger partial charge in [0.15, 0.2) is 0 Å². The van der Waals surface area contributed by atoms with E-state index in [1.54, 1.807) is 5.56 Å². The zero-order valence-electron chi connectivity index (χ0n) is 9.58. The molecule has 0 heterocycles. The second kappa shape index (κ2) is 3.66. The molecule has 0 N–H and O–H groups in total. The van der Waals surface area contributed by atoms with Gasteiger partial charge in [-0.1, -0.05) is 42.7 Å². The number of hydrogen-bond acceptors (Lipinski definition) is 0. The Kier molecular flexibility index (Phi) is 2.31. The molecular weight excluding hydrogens is 180 g/mol. The summed E-state index contributed by atoms with van der Waals surface area (Å²) in [6.07, 6.45) is 7.46. The van der Waals surface area contributed by atoms with Crippen LogP contribution in [0.5, 0.6) is 0 Å². The molecule has 0 heteroatoms. The fourth-order valence-electron chi connectivity index (χ4n) is 3.60. The van der Waals surface area contributed by atoms with Crippen LogP contribution in [0.3, 0.4) is 0 Å². The van der Waals surface area contributed by atoms with E-state index < -0.39 is 0 Å². The molecule has 0 amide bonds. The van der Waals surface area contributed by atoms with Crippen LogP contribution < -0.4 is 0 Å². The number of rotatable bonds is 1. The van der Waals surface area contributed by atoms with Gasteiger partial charge < -0.3 is 0 Å². The molecule has 0 nitrogen and oxygen atoms in total. The zero-order chi connectivity index (χ0) is 10.3. The van der Waals surface area contributed by atoms with Gasteiger partial charge in [0.05, 0.1) is 0 Å². The molecule has 0 saturated heterocycles. The van der Waals surface area contributed by atoms with Crippen LogP contribution >= 0.6 is 0 Å². The lowest BCUT2D eigenvalue weighted by atomic mass is 9.63. The normalized spacial score (nSPS) is 34.3. The van der Waals surface area contributed by atoms with Crippen molar-refractivity contribution in [1.82, 2.24) is 0 Å². The quantitative estimate of drug-likeness (QED) is 0.634. The van der Waals surface area contributed by atoms with E-state index in [0.717, 1.165) is 17.8 Å². The molecule has 80 valence electrons. The largest absolute Gasteiger partial charge is 0.0590 e. The first-order chi connectivity index (χ1) is 7.33. The molecule has 2 bridgehead atoms. The molecule has 1 aromatic carbocycles. The van der Waals surface area contributed by atoms with E-state index in [2.05, 4.69) is 31.2 Å². The third kappa shape index (κ3) is 1.71. The van der Waals surface area contributed by atoms with Crippen LogP contribution in [0.1, 0.15) is 49.1 Å². The monoisotopic (exact) mass is 200 g/mol. The lowest BCUT2D eigenvalue weighted by Crippen LogP contribution is -2.29. The minimum absolute atomic E-state index is 0.887. The Bertz CT molecular complexity index is 328. The van der Waals surface area contributed by atoms with Crippen LogP contribution in [-0.2, 0) is 0 Å². The first kappa shape index (κ1) is 9.45. The van der Waals surface area contributed by atoms with Crippen molar-refractivity contribution in [1.29, 1.82) is 0 Å². The summed E-state index contributed by atoms with van der Waals surface area (Å²) in [5.74, 6) is 2.93. The van der Waals surface area contributed by atoms with Gasteiger partial charge in [-0.3, -0.25) is 0 Å². The van der Waals surface area contributed by atoms with Crippen molar-refractivity contribution in [2.24, 2.45) is 11.8 Å². The summed E-state index contributed by atoms with van der Waals surface area (Å²) in [5.41, 5.74) is 3.00. The van der Waals surface area contributed by atoms with Crippen molar-refractivity contribution in [3.63, 3.8) is 0 Å². The summed E-state index contributed by atoms with van der Waals surface area (Å²) in [5, 5.41) is 0. The first-order valence-electron chi connectivity index (χ1n) is 6.39. The molecule has 3 fully saturated rings. The van der Waals surface area contributed by atoms with Gasteiger partial charge in [-0.25, -0.2) is 0 Å². The minimum atomic E-state index is 0.887. The lowest BCUT2D eigenvalue weighted by molar-refractivity contribution is 0.145. The van der Waals surface area contributed by atoms with E-state index in [1.165, 1.54) is 37.7 Å². The number of hydrogen-bond donors (Lipinski definition) is 0. The van der Waals surface area contributed by atoms with Crippen LogP contribution in [0, 0.1) is 18.8 Å². The molecule has 0 aromatic heterocycles. The Labute approximate surface area is 92.7 Å². The zero-order valence-corrected chi connectivity index (χ0v) is 9.58. The summed E-state index contributed by atoms with van der Waals surface area (Å²) in [6, 6.07) is 9.27. The highest BCUT2D eigenvalue weighted by Gasteiger charge is 2.35. The SMILES string of the molecule is Cc1ccc(C2CC3CCC2CC3)cc1. The lowest BCUT2D eigenvalue weighted by Gasteiger charge is -2.42. The van der Waals surface area contributed by atoms with Crippen molar-refractivity contribution in [3.05, 3.63) is 35.4 Å². The van der Waals surface area contributed by atoms with Gasteiger partial charge in [0, 0.05) is 0 Å². The predicted molar refractivity (Wildman–Crippen MR) is 64.0 cm³/mol. The summed E-state index contributed by atoms with van der Waals surface area (Å²) in [4.78, 5) is 0. The molecule has 0 radical (unpaired) electrons. The molecule has 1 atom stereocenters. The van der Waals surface area contributed by atoms with Crippen molar-refractivity contribution in [2.45, 2.75) is 44.9 Å². The molecule has 15 heavy (non-hydrogen) atoms. The molecule has 1 aromatic rings. The van der Waals surface area contributed by atoms with Gasteiger partial charge in [0.1, 0.15) is 0 Å². The van der Waals surface area contributed by atoms with Crippen LogP contribution in [-0.4, -0.2) is 0 Å². The Balaban J connectivity index is 1.85. The molecule has 3 saturated carbocycles. The van der Waals surface area contributed by atoms with Gasteiger partial charge in [-0.05, 0) is 49.5 Å². The van der Waals surface area contributed by atoms with E-state index >= 15 is 0 Å². The number of aryl methyl sites for hydroxylation is 1. The fraction of sp³-hybridized carbons (Fsp3) is 0.600. The molecule has 4 rings (SSSR count). The maximum atomic E-state index is 2.36. The average molecular weight is 200 g/mol. The third-order valence-corrected chi connectivity index (χ3v) is 4.55. The van der Waals surface area contributed by atoms with Gasteiger partial charge in [-0.2, -0.15) is 0 Å². The Morgan fingerprint density at radius 1 is 0.933 bits per heavy atom. The molecule has 3 aliphatic rings. The highest BCUT2D eigenvalue weighted by atomic mass is 14.4. The second-order valence-corrected chi connectivity index (χ2v) is 5.53. The molecular formula is C15H20. The Morgan fingerprint density at radius 2 is 1.60 bits per heavy atom. The minimum Gasteiger partial charge on any atom is -0.0590 e. The van der Waals surface area contributed by atoms with Crippen LogP contribution in [0.15, 0.2) is 24.3 Å². The predicted octanol–water partition coefficient (Wildman–Crippen LogP) is 4.29. The van der Waals surface area contributed by atoms with Crippen LogP contribution in [0.25, 0.3) is 0 Å². The second-order valence-electron chi connectivity index (χ2n) is 5.53. The average Bonchev–Trinajstić information content (AvgIpc) is 2.31. The first-order valence-corrected chi connectivity index (χ1v) is 6.39. The van der Waals surface area contributed by atoms with Crippen molar-refractivity contribution in [3.8, 4) is 0 Å². The summed E-state index contributed by atoms with van der Waals surface area (Å²) < 4.78 is 0.